The van der Waals surface area contributed by atoms with E-state index in [1.165, 1.54) is 11.3 Å². The fourth-order valence-electron chi connectivity index (χ4n) is 0.777. The molecule has 13 heavy (non-hydrogen) atoms. The van der Waals surface area contributed by atoms with E-state index in [2.05, 4.69) is 4.98 Å². The summed E-state index contributed by atoms with van der Waals surface area (Å²) in [5.41, 5.74) is 5.43. The van der Waals surface area contributed by atoms with E-state index in [4.69, 9.17) is 10.8 Å². The standard InChI is InChI=1S/C7H10N2O2S.ClH/c8-3-1-2-6-9-5(4-12-6)7(10)11;/h4H,1-3,8H2,(H,10,11);1H. The first-order valence-electron chi connectivity index (χ1n) is 3.62. The molecule has 74 valence electrons. The lowest BCUT2D eigenvalue weighted by atomic mass is 10.3. The normalized spacial score (nSPS) is 9.31. The van der Waals surface area contributed by atoms with Crippen LogP contribution in [0.2, 0.25) is 0 Å². The second-order valence-electron chi connectivity index (χ2n) is 2.32. The summed E-state index contributed by atoms with van der Waals surface area (Å²) in [5, 5.41) is 10.9. The molecule has 0 atom stereocenters. The average molecular weight is 223 g/mol. The number of thiazole rings is 1. The first kappa shape index (κ1) is 12.3. The Labute approximate surface area is 86.2 Å². The van der Waals surface area contributed by atoms with E-state index < -0.39 is 5.97 Å². The van der Waals surface area contributed by atoms with Crippen molar-refractivity contribution in [2.24, 2.45) is 5.73 Å². The molecule has 0 bridgehead atoms. The maximum atomic E-state index is 10.4. The van der Waals surface area contributed by atoms with E-state index >= 15 is 0 Å². The van der Waals surface area contributed by atoms with Gasteiger partial charge < -0.3 is 10.8 Å². The maximum absolute atomic E-state index is 10.4. The van der Waals surface area contributed by atoms with Gasteiger partial charge in [0.25, 0.3) is 0 Å². The Morgan fingerprint density at radius 1 is 1.69 bits per heavy atom. The molecule has 6 heteroatoms. The van der Waals surface area contributed by atoms with Crippen molar-refractivity contribution in [1.82, 2.24) is 4.98 Å². The number of carboxylic acids is 1. The number of aryl methyl sites for hydroxylation is 1. The van der Waals surface area contributed by atoms with Gasteiger partial charge in [-0.2, -0.15) is 0 Å². The van der Waals surface area contributed by atoms with Crippen LogP contribution in [0.4, 0.5) is 0 Å². The Hall–Kier alpha value is -0.650. The van der Waals surface area contributed by atoms with Crippen LogP contribution in [0.1, 0.15) is 21.9 Å². The molecule has 0 aliphatic heterocycles. The van der Waals surface area contributed by atoms with Crippen LogP contribution in [0, 0.1) is 0 Å². The smallest absolute Gasteiger partial charge is 0.355 e. The van der Waals surface area contributed by atoms with Crippen molar-refractivity contribution in [2.45, 2.75) is 12.8 Å². The van der Waals surface area contributed by atoms with Crippen LogP contribution in [0.5, 0.6) is 0 Å². The molecule has 0 spiro atoms. The lowest BCUT2D eigenvalue weighted by Gasteiger charge is -1.90. The first-order valence-corrected chi connectivity index (χ1v) is 4.49. The van der Waals surface area contributed by atoms with E-state index in [0.717, 1.165) is 17.8 Å². The molecule has 0 unspecified atom stereocenters. The summed E-state index contributed by atoms with van der Waals surface area (Å²) in [6, 6.07) is 0. The molecular weight excluding hydrogens is 212 g/mol. The number of hydrogen-bond acceptors (Lipinski definition) is 4. The molecule has 1 heterocycles. The number of nitrogens with zero attached hydrogens (tertiary/aromatic N) is 1. The van der Waals surface area contributed by atoms with E-state index in [0.29, 0.717) is 6.54 Å². The van der Waals surface area contributed by atoms with Crippen molar-refractivity contribution in [3.63, 3.8) is 0 Å². The van der Waals surface area contributed by atoms with Crippen LogP contribution in [0.25, 0.3) is 0 Å². The number of carboxylic acid groups (broad SMARTS) is 1. The molecule has 1 rings (SSSR count). The minimum absolute atomic E-state index is 0. The van der Waals surface area contributed by atoms with Crippen molar-refractivity contribution < 1.29 is 9.90 Å². The van der Waals surface area contributed by atoms with Gasteiger partial charge in [0.2, 0.25) is 0 Å². The number of aromatic nitrogens is 1. The Balaban J connectivity index is 0.00000144. The van der Waals surface area contributed by atoms with Crippen LogP contribution in [0.15, 0.2) is 5.38 Å². The van der Waals surface area contributed by atoms with E-state index in [1.807, 2.05) is 0 Å². The minimum atomic E-state index is -0.967. The third-order valence-corrected chi connectivity index (χ3v) is 2.27. The second-order valence-corrected chi connectivity index (χ2v) is 3.27. The molecule has 0 saturated carbocycles. The predicted molar refractivity (Wildman–Crippen MR) is 53.7 cm³/mol. The van der Waals surface area contributed by atoms with Crippen LogP contribution in [-0.4, -0.2) is 22.6 Å². The van der Waals surface area contributed by atoms with E-state index in [-0.39, 0.29) is 18.1 Å². The average Bonchev–Trinajstić information content (AvgIpc) is 2.48. The summed E-state index contributed by atoms with van der Waals surface area (Å²) in [7, 11) is 0. The lowest BCUT2D eigenvalue weighted by molar-refractivity contribution is 0.0691. The van der Waals surface area contributed by atoms with Crippen LogP contribution in [-0.2, 0) is 6.42 Å². The fourth-order valence-corrected chi connectivity index (χ4v) is 1.59. The molecule has 3 N–H and O–H groups in total. The third-order valence-electron chi connectivity index (χ3n) is 1.37. The molecular formula is C7H11ClN2O2S. The van der Waals surface area contributed by atoms with Crippen LogP contribution in [0.3, 0.4) is 0 Å². The SMILES string of the molecule is Cl.NCCCc1nc(C(=O)O)cs1. The summed E-state index contributed by atoms with van der Waals surface area (Å²) in [6.45, 7) is 0.613. The highest BCUT2D eigenvalue weighted by Crippen LogP contribution is 2.11. The monoisotopic (exact) mass is 222 g/mol. The number of carbonyl (C=O) groups is 1. The van der Waals surface area contributed by atoms with Gasteiger partial charge in [0.1, 0.15) is 0 Å². The Morgan fingerprint density at radius 3 is 2.85 bits per heavy atom. The molecule has 0 saturated heterocycles. The minimum Gasteiger partial charge on any atom is -0.476 e. The second kappa shape index (κ2) is 5.90. The molecule has 0 amide bonds. The summed E-state index contributed by atoms with van der Waals surface area (Å²) in [5.74, 6) is -0.967. The van der Waals surface area contributed by atoms with Gasteiger partial charge in [-0.05, 0) is 13.0 Å². The van der Waals surface area contributed by atoms with Gasteiger partial charge in [-0.25, -0.2) is 9.78 Å². The quantitative estimate of drug-likeness (QED) is 0.802. The van der Waals surface area contributed by atoms with Crippen molar-refractivity contribution >= 4 is 29.7 Å². The Kier molecular flexibility index (Phi) is 5.61. The zero-order valence-electron chi connectivity index (χ0n) is 6.90. The highest BCUT2D eigenvalue weighted by atomic mass is 35.5. The highest BCUT2D eigenvalue weighted by Gasteiger charge is 2.07. The zero-order valence-corrected chi connectivity index (χ0v) is 8.53. The predicted octanol–water partition coefficient (Wildman–Crippen LogP) is 1.15. The molecule has 1 aromatic rings. The van der Waals surface area contributed by atoms with Gasteiger partial charge in [-0.1, -0.05) is 0 Å². The van der Waals surface area contributed by atoms with Gasteiger partial charge in [0.15, 0.2) is 5.69 Å². The number of aromatic carboxylic acids is 1. The third kappa shape index (κ3) is 3.71. The van der Waals surface area contributed by atoms with Gasteiger partial charge in [0.05, 0.1) is 5.01 Å². The lowest BCUT2D eigenvalue weighted by Crippen LogP contribution is -2.01. The van der Waals surface area contributed by atoms with Crippen LogP contribution < -0.4 is 5.73 Å². The molecule has 0 aliphatic carbocycles. The van der Waals surface area contributed by atoms with Crippen molar-refractivity contribution in [3.8, 4) is 0 Å². The van der Waals surface area contributed by atoms with Gasteiger partial charge in [0, 0.05) is 11.8 Å². The summed E-state index contributed by atoms with van der Waals surface area (Å²) >= 11 is 1.37. The van der Waals surface area contributed by atoms with Crippen molar-refractivity contribution in [3.05, 3.63) is 16.1 Å². The van der Waals surface area contributed by atoms with E-state index in [9.17, 15) is 4.79 Å². The van der Waals surface area contributed by atoms with E-state index in [1.54, 1.807) is 5.38 Å². The first-order chi connectivity index (χ1) is 5.74. The summed E-state index contributed by atoms with van der Waals surface area (Å²) in [4.78, 5) is 14.3. The number of halogens is 1. The van der Waals surface area contributed by atoms with Crippen molar-refractivity contribution in [1.29, 1.82) is 0 Å². The number of rotatable bonds is 4. The number of hydrogen-bond donors (Lipinski definition) is 2. The summed E-state index contributed by atoms with van der Waals surface area (Å²) < 4.78 is 0. The fraction of sp³-hybridized carbons (Fsp3) is 0.429. The zero-order chi connectivity index (χ0) is 8.97. The topological polar surface area (TPSA) is 76.2 Å². The van der Waals surface area contributed by atoms with Crippen molar-refractivity contribution in [2.75, 3.05) is 6.54 Å². The van der Waals surface area contributed by atoms with Gasteiger partial charge in [-0.3, -0.25) is 0 Å². The molecule has 1 aromatic heterocycles. The highest BCUT2D eigenvalue weighted by molar-refractivity contribution is 7.09. The molecule has 4 nitrogen and oxygen atoms in total. The Bertz CT molecular complexity index is 277. The molecule has 0 aromatic carbocycles. The van der Waals surface area contributed by atoms with Gasteiger partial charge >= 0.3 is 5.97 Å². The Morgan fingerprint density at radius 2 is 2.38 bits per heavy atom. The number of nitrogens with two attached hydrogens (primary N) is 1. The van der Waals surface area contributed by atoms with Crippen LogP contribution >= 0.6 is 23.7 Å². The summed E-state index contributed by atoms with van der Waals surface area (Å²) in [6.07, 6.45) is 1.63. The van der Waals surface area contributed by atoms with Gasteiger partial charge in [-0.15, -0.1) is 23.7 Å². The largest absolute Gasteiger partial charge is 0.476 e. The molecule has 0 radical (unpaired) electrons. The molecule has 0 fully saturated rings. The maximum Gasteiger partial charge on any atom is 0.355 e. The molecule has 0 aliphatic rings.